The molecule has 0 aliphatic heterocycles. The van der Waals surface area contributed by atoms with E-state index in [2.05, 4.69) is 0 Å². The number of benzene rings is 1. The molecule has 1 aliphatic rings. The Morgan fingerprint density at radius 3 is 2.65 bits per heavy atom. The van der Waals surface area contributed by atoms with Gasteiger partial charge in [0, 0.05) is 17.5 Å². The van der Waals surface area contributed by atoms with Crippen LogP contribution in [-0.2, 0) is 0 Å². The molecule has 2 nitrogen and oxygen atoms in total. The molecule has 2 rings (SSSR count). The fraction of sp³-hybridized carbons (Fsp3) is 0.647. The summed E-state index contributed by atoms with van der Waals surface area (Å²) in [6.07, 6.45) is 8.36. The second-order valence-electron chi connectivity index (χ2n) is 6.05. The molecule has 3 heteroatoms. The Kier molecular flexibility index (Phi) is 6.34. The van der Waals surface area contributed by atoms with E-state index in [1.807, 2.05) is 24.3 Å². The highest BCUT2D eigenvalue weighted by atomic mass is 35.5. The van der Waals surface area contributed by atoms with Gasteiger partial charge < -0.3 is 10.8 Å². The van der Waals surface area contributed by atoms with Crippen molar-refractivity contribution in [2.45, 2.75) is 57.0 Å². The molecule has 0 heterocycles. The first kappa shape index (κ1) is 15.8. The van der Waals surface area contributed by atoms with Crippen molar-refractivity contribution in [1.29, 1.82) is 0 Å². The van der Waals surface area contributed by atoms with Gasteiger partial charge in [-0.25, -0.2) is 0 Å². The summed E-state index contributed by atoms with van der Waals surface area (Å²) in [6.45, 7) is 0.464. The lowest BCUT2D eigenvalue weighted by Gasteiger charge is -2.26. The van der Waals surface area contributed by atoms with Crippen LogP contribution in [0.5, 0.6) is 0 Å². The molecule has 0 aromatic heterocycles. The van der Waals surface area contributed by atoms with Crippen molar-refractivity contribution < 1.29 is 5.11 Å². The highest BCUT2D eigenvalue weighted by molar-refractivity contribution is 6.30. The van der Waals surface area contributed by atoms with Crippen molar-refractivity contribution in [2.24, 2.45) is 11.7 Å². The van der Waals surface area contributed by atoms with Crippen LogP contribution in [0.2, 0.25) is 5.02 Å². The summed E-state index contributed by atoms with van der Waals surface area (Å²) in [5, 5.41) is 11.2. The lowest BCUT2D eigenvalue weighted by atomic mass is 9.83. The number of aliphatic hydroxyl groups is 1. The Labute approximate surface area is 127 Å². The van der Waals surface area contributed by atoms with Gasteiger partial charge in [-0.05, 0) is 36.5 Å². The van der Waals surface area contributed by atoms with Crippen LogP contribution in [0, 0.1) is 5.92 Å². The summed E-state index contributed by atoms with van der Waals surface area (Å²) in [4.78, 5) is 0. The number of hydrogen-bond acceptors (Lipinski definition) is 2. The molecule has 0 bridgehead atoms. The predicted octanol–water partition coefficient (Wildman–Crippen LogP) is 4.10. The van der Waals surface area contributed by atoms with Crippen LogP contribution in [0.3, 0.4) is 0 Å². The molecule has 0 saturated heterocycles. The Hall–Kier alpha value is -0.570. The summed E-state index contributed by atoms with van der Waals surface area (Å²) in [5.74, 6) is 0.800. The van der Waals surface area contributed by atoms with E-state index >= 15 is 0 Å². The molecule has 0 amide bonds. The molecular weight excluding hydrogens is 270 g/mol. The lowest BCUT2D eigenvalue weighted by molar-refractivity contribution is 0.123. The van der Waals surface area contributed by atoms with Gasteiger partial charge in [0.25, 0.3) is 0 Å². The molecular formula is C17H26ClNO. The summed E-state index contributed by atoms with van der Waals surface area (Å²) in [7, 11) is 0. The minimum absolute atomic E-state index is 0.00251. The summed E-state index contributed by atoms with van der Waals surface area (Å²) in [6, 6.07) is 7.71. The van der Waals surface area contributed by atoms with E-state index < -0.39 is 0 Å². The van der Waals surface area contributed by atoms with Gasteiger partial charge in [0.15, 0.2) is 0 Å². The van der Waals surface area contributed by atoms with E-state index in [0.717, 1.165) is 24.3 Å². The maximum absolute atomic E-state index is 10.5. The van der Waals surface area contributed by atoms with Crippen LogP contribution in [0.1, 0.15) is 56.4 Å². The molecule has 2 atom stereocenters. The SMILES string of the molecule is NCC(c1cccc(Cl)c1)C(O)CCC1CCCCC1. The highest BCUT2D eigenvalue weighted by Crippen LogP contribution is 2.30. The van der Waals surface area contributed by atoms with E-state index in [1.54, 1.807) is 0 Å². The van der Waals surface area contributed by atoms with Gasteiger partial charge in [-0.1, -0.05) is 55.8 Å². The fourth-order valence-corrected chi connectivity index (χ4v) is 3.53. The second-order valence-corrected chi connectivity index (χ2v) is 6.48. The summed E-state index contributed by atoms with van der Waals surface area (Å²) < 4.78 is 0. The average molecular weight is 296 g/mol. The quantitative estimate of drug-likeness (QED) is 0.830. The van der Waals surface area contributed by atoms with Gasteiger partial charge in [0.05, 0.1) is 6.10 Å². The Balaban J connectivity index is 1.89. The Bertz CT molecular complexity index is 404. The van der Waals surface area contributed by atoms with Gasteiger partial charge in [0.1, 0.15) is 0 Å². The first-order valence-electron chi connectivity index (χ1n) is 7.84. The third-order valence-electron chi connectivity index (χ3n) is 4.59. The van der Waals surface area contributed by atoms with Gasteiger partial charge in [0.2, 0.25) is 0 Å². The molecule has 1 saturated carbocycles. The van der Waals surface area contributed by atoms with Crippen LogP contribution in [0.4, 0.5) is 0 Å². The van der Waals surface area contributed by atoms with E-state index in [1.165, 1.54) is 32.1 Å². The van der Waals surface area contributed by atoms with Crippen LogP contribution in [0.15, 0.2) is 24.3 Å². The van der Waals surface area contributed by atoms with Gasteiger partial charge in [-0.15, -0.1) is 0 Å². The zero-order valence-electron chi connectivity index (χ0n) is 12.1. The van der Waals surface area contributed by atoms with Crippen molar-refractivity contribution in [3.63, 3.8) is 0 Å². The number of halogens is 1. The molecule has 2 unspecified atom stereocenters. The van der Waals surface area contributed by atoms with Crippen molar-refractivity contribution in [2.75, 3.05) is 6.54 Å². The highest BCUT2D eigenvalue weighted by Gasteiger charge is 2.22. The summed E-state index contributed by atoms with van der Waals surface area (Å²) in [5.41, 5.74) is 6.91. The Morgan fingerprint density at radius 1 is 1.25 bits per heavy atom. The predicted molar refractivity (Wildman–Crippen MR) is 85.1 cm³/mol. The normalized spacial score (nSPS) is 19.8. The molecule has 0 spiro atoms. The molecule has 20 heavy (non-hydrogen) atoms. The fourth-order valence-electron chi connectivity index (χ4n) is 3.34. The van der Waals surface area contributed by atoms with E-state index in [9.17, 15) is 5.11 Å². The molecule has 112 valence electrons. The molecule has 0 radical (unpaired) electrons. The van der Waals surface area contributed by atoms with Crippen LogP contribution < -0.4 is 5.73 Å². The average Bonchev–Trinajstić information content (AvgIpc) is 2.47. The van der Waals surface area contributed by atoms with Crippen LogP contribution in [0.25, 0.3) is 0 Å². The maximum atomic E-state index is 10.5. The minimum Gasteiger partial charge on any atom is -0.392 e. The topological polar surface area (TPSA) is 46.2 Å². The number of rotatable bonds is 6. The van der Waals surface area contributed by atoms with Crippen LogP contribution >= 0.6 is 11.6 Å². The van der Waals surface area contributed by atoms with E-state index in [0.29, 0.717) is 11.6 Å². The van der Waals surface area contributed by atoms with Crippen molar-refractivity contribution in [3.05, 3.63) is 34.9 Å². The zero-order valence-corrected chi connectivity index (χ0v) is 12.9. The lowest BCUT2D eigenvalue weighted by Crippen LogP contribution is -2.26. The standard InChI is InChI=1S/C17H26ClNO/c18-15-8-4-7-14(11-15)16(12-19)17(20)10-9-13-5-2-1-3-6-13/h4,7-8,11,13,16-17,20H,1-3,5-6,9-10,12,19H2. The smallest absolute Gasteiger partial charge is 0.0621 e. The van der Waals surface area contributed by atoms with Crippen molar-refractivity contribution >= 4 is 11.6 Å². The number of hydrogen-bond donors (Lipinski definition) is 2. The van der Waals surface area contributed by atoms with Gasteiger partial charge in [-0.3, -0.25) is 0 Å². The minimum atomic E-state index is -0.361. The summed E-state index contributed by atoms with van der Waals surface area (Å²) >= 11 is 6.03. The van der Waals surface area contributed by atoms with E-state index in [4.69, 9.17) is 17.3 Å². The Morgan fingerprint density at radius 2 is 2.00 bits per heavy atom. The zero-order chi connectivity index (χ0) is 14.4. The number of nitrogens with two attached hydrogens (primary N) is 1. The molecule has 1 fully saturated rings. The van der Waals surface area contributed by atoms with Crippen LogP contribution in [-0.4, -0.2) is 17.8 Å². The number of aliphatic hydroxyl groups excluding tert-OH is 1. The molecule has 1 aliphatic carbocycles. The van der Waals surface area contributed by atoms with Crippen molar-refractivity contribution in [1.82, 2.24) is 0 Å². The largest absolute Gasteiger partial charge is 0.392 e. The first-order valence-corrected chi connectivity index (χ1v) is 8.22. The third kappa shape index (κ3) is 4.47. The van der Waals surface area contributed by atoms with Gasteiger partial charge >= 0.3 is 0 Å². The molecule has 1 aromatic rings. The van der Waals surface area contributed by atoms with E-state index in [-0.39, 0.29) is 12.0 Å². The van der Waals surface area contributed by atoms with Crippen molar-refractivity contribution in [3.8, 4) is 0 Å². The second kappa shape index (κ2) is 8.02. The maximum Gasteiger partial charge on any atom is 0.0621 e. The third-order valence-corrected chi connectivity index (χ3v) is 4.83. The molecule has 3 N–H and O–H groups in total. The molecule has 1 aromatic carbocycles. The first-order chi connectivity index (χ1) is 9.70. The van der Waals surface area contributed by atoms with Gasteiger partial charge in [-0.2, -0.15) is 0 Å². The monoisotopic (exact) mass is 295 g/mol.